The van der Waals surface area contributed by atoms with Gasteiger partial charge in [-0.05, 0) is 47.7 Å². The van der Waals surface area contributed by atoms with Gasteiger partial charge in [-0.1, -0.05) is 49.4 Å². The number of carbonyl (C=O) groups excluding carboxylic acids is 1. The Balaban J connectivity index is 1.59. The number of hydrogen-bond donors (Lipinski definition) is 2. The van der Waals surface area contributed by atoms with Gasteiger partial charge in [0, 0.05) is 17.4 Å². The van der Waals surface area contributed by atoms with Crippen molar-refractivity contribution >= 4 is 28.5 Å². The van der Waals surface area contributed by atoms with Crippen LogP contribution in [0.1, 0.15) is 40.7 Å². The zero-order valence-corrected chi connectivity index (χ0v) is 18.6. The Hall–Kier alpha value is -4.06. The third-order valence-electron chi connectivity index (χ3n) is 5.84. The van der Waals surface area contributed by atoms with Crippen molar-refractivity contribution < 1.29 is 19.4 Å². The summed E-state index contributed by atoms with van der Waals surface area (Å²) in [5, 5.41) is 13.3. The molecule has 1 aromatic heterocycles. The van der Waals surface area contributed by atoms with Gasteiger partial charge in [-0.15, -0.1) is 0 Å². The highest BCUT2D eigenvalue weighted by Crippen LogP contribution is 2.27. The fourth-order valence-electron chi connectivity index (χ4n) is 4.08. The van der Waals surface area contributed by atoms with Gasteiger partial charge in [0.05, 0.1) is 30.7 Å². The van der Waals surface area contributed by atoms with E-state index >= 15 is 0 Å². The number of aromatic nitrogens is 1. The molecule has 6 heteroatoms. The molecule has 0 saturated heterocycles. The smallest absolute Gasteiger partial charge is 0.335 e. The Morgan fingerprint density at radius 2 is 1.82 bits per heavy atom. The standard InChI is InChI=1S/C27H26N2O4/c1-3-23(18-7-5-4-6-8-18)26(30)28-22-12-11-19-13-14-29(24(19)16-22)17-21-10-9-20(27(31)32)15-25(21)33-2/h4-16,23H,3,17H2,1-2H3,(H,28,30)(H,31,32). The van der Waals surface area contributed by atoms with Gasteiger partial charge in [0.1, 0.15) is 5.75 Å². The Morgan fingerprint density at radius 1 is 1.03 bits per heavy atom. The lowest BCUT2D eigenvalue weighted by atomic mass is 9.95. The van der Waals surface area contributed by atoms with E-state index in [1.165, 1.54) is 13.2 Å². The summed E-state index contributed by atoms with van der Waals surface area (Å²) >= 11 is 0. The van der Waals surface area contributed by atoms with Crippen LogP contribution in [0.25, 0.3) is 10.9 Å². The molecule has 0 spiro atoms. The van der Waals surface area contributed by atoms with E-state index in [2.05, 4.69) is 9.88 Å². The molecule has 1 heterocycles. The first kappa shape index (κ1) is 22.1. The van der Waals surface area contributed by atoms with Crippen LogP contribution in [0.3, 0.4) is 0 Å². The molecule has 0 aliphatic rings. The molecule has 0 radical (unpaired) electrons. The molecule has 1 amide bonds. The molecule has 0 aliphatic carbocycles. The number of benzene rings is 3. The third-order valence-corrected chi connectivity index (χ3v) is 5.84. The summed E-state index contributed by atoms with van der Waals surface area (Å²) in [6.45, 7) is 2.51. The van der Waals surface area contributed by atoms with Crippen molar-refractivity contribution in [2.75, 3.05) is 12.4 Å². The van der Waals surface area contributed by atoms with Gasteiger partial charge in [-0.2, -0.15) is 0 Å². The van der Waals surface area contributed by atoms with Gasteiger partial charge in [0.15, 0.2) is 0 Å². The Morgan fingerprint density at radius 3 is 2.52 bits per heavy atom. The maximum Gasteiger partial charge on any atom is 0.335 e. The minimum Gasteiger partial charge on any atom is -0.496 e. The Labute approximate surface area is 192 Å². The van der Waals surface area contributed by atoms with Crippen LogP contribution in [0, 0.1) is 0 Å². The Bertz CT molecular complexity index is 1290. The van der Waals surface area contributed by atoms with Crippen LogP contribution in [-0.4, -0.2) is 28.7 Å². The molecule has 168 valence electrons. The third kappa shape index (κ3) is 4.75. The quantitative estimate of drug-likeness (QED) is 0.376. The number of amides is 1. The van der Waals surface area contributed by atoms with Gasteiger partial charge in [0.25, 0.3) is 0 Å². The zero-order valence-electron chi connectivity index (χ0n) is 18.6. The minimum absolute atomic E-state index is 0.0351. The van der Waals surface area contributed by atoms with Crippen LogP contribution >= 0.6 is 0 Å². The van der Waals surface area contributed by atoms with E-state index in [4.69, 9.17) is 4.74 Å². The summed E-state index contributed by atoms with van der Waals surface area (Å²) in [6.07, 6.45) is 2.68. The molecule has 2 N–H and O–H groups in total. The van der Waals surface area contributed by atoms with Crippen molar-refractivity contribution in [1.82, 2.24) is 4.57 Å². The van der Waals surface area contributed by atoms with Crippen molar-refractivity contribution in [2.24, 2.45) is 0 Å². The number of nitrogens with zero attached hydrogens (tertiary/aromatic N) is 1. The van der Waals surface area contributed by atoms with Gasteiger partial charge >= 0.3 is 5.97 Å². The first-order chi connectivity index (χ1) is 16.0. The van der Waals surface area contributed by atoms with Crippen molar-refractivity contribution in [3.05, 3.63) is 95.7 Å². The molecule has 33 heavy (non-hydrogen) atoms. The Kier molecular flexibility index (Phi) is 6.45. The van der Waals surface area contributed by atoms with Crippen LogP contribution in [0.4, 0.5) is 5.69 Å². The van der Waals surface area contributed by atoms with E-state index < -0.39 is 5.97 Å². The second-order valence-electron chi connectivity index (χ2n) is 7.91. The van der Waals surface area contributed by atoms with Crippen LogP contribution in [0.15, 0.2) is 79.0 Å². The molecule has 1 atom stereocenters. The molecule has 1 unspecified atom stereocenters. The maximum atomic E-state index is 13.0. The number of hydrogen-bond acceptors (Lipinski definition) is 3. The van der Waals surface area contributed by atoms with Crippen LogP contribution < -0.4 is 10.1 Å². The molecule has 6 nitrogen and oxygen atoms in total. The van der Waals surface area contributed by atoms with Crippen LogP contribution in [0.5, 0.6) is 5.75 Å². The lowest BCUT2D eigenvalue weighted by Gasteiger charge is -2.16. The van der Waals surface area contributed by atoms with E-state index in [0.29, 0.717) is 18.7 Å². The number of fused-ring (bicyclic) bond motifs is 1. The van der Waals surface area contributed by atoms with E-state index in [-0.39, 0.29) is 17.4 Å². The molecule has 4 aromatic rings. The number of aromatic carboxylic acids is 1. The SMILES string of the molecule is CCC(C(=O)Nc1ccc2ccn(Cc3ccc(C(=O)O)cc3OC)c2c1)c1ccccc1. The monoisotopic (exact) mass is 442 g/mol. The number of methoxy groups -OCH3 is 1. The first-order valence-corrected chi connectivity index (χ1v) is 10.8. The van der Waals surface area contributed by atoms with Crippen LogP contribution in [0.2, 0.25) is 0 Å². The first-order valence-electron chi connectivity index (χ1n) is 10.8. The number of rotatable bonds is 8. The molecule has 4 rings (SSSR count). The number of carboxylic acids is 1. The second kappa shape index (κ2) is 9.61. The number of ether oxygens (including phenoxy) is 1. The fraction of sp³-hybridized carbons (Fsp3) is 0.185. The fourth-order valence-corrected chi connectivity index (χ4v) is 4.08. The number of nitrogens with one attached hydrogen (secondary N) is 1. The lowest BCUT2D eigenvalue weighted by molar-refractivity contribution is -0.117. The molecule has 3 aromatic carbocycles. The van der Waals surface area contributed by atoms with Gasteiger partial charge in [-0.25, -0.2) is 4.79 Å². The summed E-state index contributed by atoms with van der Waals surface area (Å²) in [4.78, 5) is 24.2. The molecule has 0 aliphatic heterocycles. The number of carboxylic acid groups (broad SMARTS) is 1. The number of carbonyl (C=O) groups is 2. The summed E-state index contributed by atoms with van der Waals surface area (Å²) in [7, 11) is 1.53. The second-order valence-corrected chi connectivity index (χ2v) is 7.91. The summed E-state index contributed by atoms with van der Waals surface area (Å²) in [6, 6.07) is 22.5. The summed E-state index contributed by atoms with van der Waals surface area (Å²) in [5.74, 6) is -0.722. The molecular formula is C27H26N2O4. The van der Waals surface area contributed by atoms with Crippen molar-refractivity contribution in [2.45, 2.75) is 25.8 Å². The molecule has 0 saturated carbocycles. The number of anilines is 1. The van der Waals surface area contributed by atoms with E-state index in [0.717, 1.165) is 27.7 Å². The topological polar surface area (TPSA) is 80.6 Å². The predicted octanol–water partition coefficient (Wildman–Crippen LogP) is 5.53. The average Bonchev–Trinajstić information content (AvgIpc) is 3.22. The minimum atomic E-state index is -0.993. The molecule has 0 bridgehead atoms. The molecule has 0 fully saturated rings. The van der Waals surface area contributed by atoms with Crippen molar-refractivity contribution in [1.29, 1.82) is 0 Å². The maximum absolute atomic E-state index is 13.0. The normalized spacial score (nSPS) is 11.8. The van der Waals surface area contributed by atoms with Crippen LogP contribution in [-0.2, 0) is 11.3 Å². The predicted molar refractivity (Wildman–Crippen MR) is 129 cm³/mol. The average molecular weight is 443 g/mol. The van der Waals surface area contributed by atoms with Gasteiger partial charge in [0.2, 0.25) is 5.91 Å². The lowest BCUT2D eigenvalue weighted by Crippen LogP contribution is -2.20. The van der Waals surface area contributed by atoms with E-state index in [1.54, 1.807) is 12.1 Å². The van der Waals surface area contributed by atoms with Gasteiger partial charge < -0.3 is 19.7 Å². The van der Waals surface area contributed by atoms with E-state index in [1.807, 2.05) is 67.7 Å². The largest absolute Gasteiger partial charge is 0.496 e. The van der Waals surface area contributed by atoms with E-state index in [9.17, 15) is 14.7 Å². The van der Waals surface area contributed by atoms with Crippen molar-refractivity contribution in [3.63, 3.8) is 0 Å². The summed E-state index contributed by atoms with van der Waals surface area (Å²) < 4.78 is 7.47. The van der Waals surface area contributed by atoms with Gasteiger partial charge in [-0.3, -0.25) is 4.79 Å². The van der Waals surface area contributed by atoms with Crippen molar-refractivity contribution in [3.8, 4) is 5.75 Å². The molecular weight excluding hydrogens is 416 g/mol. The summed E-state index contributed by atoms with van der Waals surface area (Å²) in [5.41, 5.74) is 3.74. The highest BCUT2D eigenvalue weighted by Gasteiger charge is 2.19. The highest BCUT2D eigenvalue weighted by atomic mass is 16.5. The highest BCUT2D eigenvalue weighted by molar-refractivity contribution is 5.97. The zero-order chi connectivity index (χ0) is 23.4.